The molecule has 0 bridgehead atoms. The number of rotatable bonds is 7. The van der Waals surface area contributed by atoms with Crippen LogP contribution < -0.4 is 0 Å². The van der Waals surface area contributed by atoms with Crippen LogP contribution in [0.2, 0.25) is 0 Å². The minimum atomic E-state index is -4.61. The zero-order valence-electron chi connectivity index (χ0n) is 22.1. The van der Waals surface area contributed by atoms with Crippen molar-refractivity contribution in [2.24, 2.45) is 0 Å². The molecule has 7 nitrogen and oxygen atoms in total. The van der Waals surface area contributed by atoms with Gasteiger partial charge in [-0.2, -0.15) is 13.2 Å². The summed E-state index contributed by atoms with van der Waals surface area (Å²) in [4.78, 5) is 19.6. The summed E-state index contributed by atoms with van der Waals surface area (Å²) in [5, 5.41) is 10.8. The number of carbonyl (C=O) groups is 1. The van der Waals surface area contributed by atoms with Gasteiger partial charge in [0.15, 0.2) is 9.84 Å². The van der Waals surface area contributed by atoms with Crippen LogP contribution in [0.1, 0.15) is 42.4 Å². The van der Waals surface area contributed by atoms with E-state index in [1.54, 1.807) is 31.2 Å². The van der Waals surface area contributed by atoms with E-state index in [0.717, 1.165) is 12.3 Å². The monoisotopic (exact) mass is 572 g/mol. The Morgan fingerprint density at radius 3 is 2.17 bits per heavy atom. The number of hydrogen-bond donors (Lipinski definition) is 2. The van der Waals surface area contributed by atoms with E-state index in [0.29, 0.717) is 22.4 Å². The highest BCUT2D eigenvalue weighted by atomic mass is 32.2. The number of hydrogen-bond acceptors (Lipinski definition) is 6. The lowest BCUT2D eigenvalue weighted by Crippen LogP contribution is -2.17. The normalized spacial score (nSPS) is 12.4. The van der Waals surface area contributed by atoms with E-state index in [1.165, 1.54) is 50.2 Å². The molecule has 0 saturated carbocycles. The Labute approximate surface area is 229 Å². The molecular weight excluding hydrogens is 545 g/mol. The van der Waals surface area contributed by atoms with Crippen molar-refractivity contribution in [1.82, 2.24) is 9.97 Å². The number of halogens is 3. The molecule has 1 heterocycles. The lowest BCUT2D eigenvalue weighted by atomic mass is 9.97. The molecule has 40 heavy (non-hydrogen) atoms. The Bertz CT molecular complexity index is 1670. The molecule has 0 amide bonds. The largest absolute Gasteiger partial charge is 0.462 e. The van der Waals surface area contributed by atoms with Crippen LogP contribution in [0, 0.1) is 0 Å². The van der Waals surface area contributed by atoms with Crippen molar-refractivity contribution in [1.29, 1.82) is 0 Å². The van der Waals surface area contributed by atoms with Crippen molar-refractivity contribution in [2.45, 2.75) is 37.4 Å². The number of carbonyl (C=O) groups excluding carboxylic acids is 1. The molecule has 1 aromatic heterocycles. The third kappa shape index (κ3) is 6.10. The Morgan fingerprint density at radius 2 is 1.60 bits per heavy atom. The number of nitrogens with zero attached hydrogens (tertiary/aromatic N) is 1. The molecule has 0 aliphatic rings. The zero-order valence-corrected chi connectivity index (χ0v) is 22.9. The van der Waals surface area contributed by atoms with Gasteiger partial charge in [-0.05, 0) is 56.2 Å². The lowest BCUT2D eigenvalue weighted by Gasteiger charge is -2.16. The fourth-order valence-electron chi connectivity index (χ4n) is 4.23. The molecule has 0 aliphatic carbocycles. The second kappa shape index (κ2) is 10.5. The van der Waals surface area contributed by atoms with Crippen molar-refractivity contribution in [3.63, 3.8) is 0 Å². The van der Waals surface area contributed by atoms with E-state index in [1.807, 2.05) is 0 Å². The van der Waals surface area contributed by atoms with Crippen LogP contribution >= 0.6 is 0 Å². The van der Waals surface area contributed by atoms with Crippen molar-refractivity contribution in [3.05, 3.63) is 83.6 Å². The summed E-state index contributed by atoms with van der Waals surface area (Å²) >= 11 is 0. The first-order chi connectivity index (χ1) is 18.6. The van der Waals surface area contributed by atoms with Crippen molar-refractivity contribution in [3.8, 4) is 33.8 Å². The van der Waals surface area contributed by atoms with Gasteiger partial charge in [-0.25, -0.2) is 18.2 Å². The minimum Gasteiger partial charge on any atom is -0.462 e. The third-order valence-corrected chi connectivity index (χ3v) is 7.22. The number of ether oxygens (including phenoxy) is 1. The maximum absolute atomic E-state index is 13.7. The lowest BCUT2D eigenvalue weighted by molar-refractivity contribution is -0.137. The molecule has 2 N–H and O–H groups in total. The smallest absolute Gasteiger partial charge is 0.417 e. The fraction of sp³-hybridized carbons (Fsp3) is 0.241. The van der Waals surface area contributed by atoms with E-state index in [4.69, 9.17) is 4.74 Å². The Balaban J connectivity index is 1.81. The highest BCUT2D eigenvalue weighted by Gasteiger charge is 2.35. The number of H-pyrrole nitrogens is 1. The van der Waals surface area contributed by atoms with E-state index in [2.05, 4.69) is 9.97 Å². The molecule has 0 atom stereocenters. The molecule has 0 aliphatic heterocycles. The number of benzene rings is 3. The molecule has 0 radical (unpaired) electrons. The van der Waals surface area contributed by atoms with Crippen molar-refractivity contribution >= 4 is 15.8 Å². The second-order valence-corrected chi connectivity index (χ2v) is 11.7. The summed E-state index contributed by atoms with van der Waals surface area (Å²) in [5.74, 6) is -0.714. The average molecular weight is 573 g/mol. The first-order valence-corrected chi connectivity index (χ1v) is 14.1. The van der Waals surface area contributed by atoms with Crippen LogP contribution in [0.25, 0.3) is 33.8 Å². The molecule has 0 unspecified atom stereocenters. The maximum Gasteiger partial charge on any atom is 0.417 e. The molecule has 3 aromatic carbocycles. The first kappa shape index (κ1) is 29.0. The number of imidazole rings is 1. The molecule has 4 rings (SSSR count). The standard InChI is InChI=1S/C29H27F3N2O5S/c1-5-39-27(35)20-14-19(15-21(16-20)40(4,37)38)17-10-12-18(13-11-17)24-25(28(2,3)36)34-26(33-24)22-8-6-7-9-23(22)29(30,31)32/h6-16,36H,5H2,1-4H3,(H,33,34). The van der Waals surface area contributed by atoms with Gasteiger partial charge in [0.1, 0.15) is 11.4 Å². The zero-order chi connectivity index (χ0) is 29.5. The number of sulfone groups is 1. The SMILES string of the molecule is CCOC(=O)c1cc(-c2ccc(-c3[nH]c(-c4ccccc4C(F)(F)F)nc3C(C)(C)O)cc2)cc(S(C)(=O)=O)c1. The Morgan fingerprint density at radius 1 is 0.975 bits per heavy atom. The highest BCUT2D eigenvalue weighted by molar-refractivity contribution is 7.90. The van der Waals surface area contributed by atoms with Gasteiger partial charge < -0.3 is 14.8 Å². The third-order valence-electron chi connectivity index (χ3n) is 6.12. The topological polar surface area (TPSA) is 109 Å². The van der Waals surface area contributed by atoms with E-state index >= 15 is 0 Å². The van der Waals surface area contributed by atoms with Crippen LogP contribution in [0.4, 0.5) is 13.2 Å². The van der Waals surface area contributed by atoms with Gasteiger partial charge in [-0.1, -0.05) is 42.5 Å². The van der Waals surface area contributed by atoms with E-state index in [9.17, 15) is 31.5 Å². The Kier molecular flexibility index (Phi) is 7.66. The second-order valence-electron chi connectivity index (χ2n) is 9.73. The highest BCUT2D eigenvalue weighted by Crippen LogP contribution is 2.39. The molecular formula is C29H27F3N2O5S. The molecule has 210 valence electrons. The van der Waals surface area contributed by atoms with Gasteiger partial charge in [-0.15, -0.1) is 0 Å². The van der Waals surface area contributed by atoms with E-state index < -0.39 is 33.1 Å². The van der Waals surface area contributed by atoms with Gasteiger partial charge in [0.2, 0.25) is 0 Å². The number of alkyl halides is 3. The summed E-state index contributed by atoms with van der Waals surface area (Å²) in [6.07, 6.45) is -3.57. The van der Waals surface area contributed by atoms with Crippen LogP contribution in [0.3, 0.4) is 0 Å². The number of esters is 1. The van der Waals surface area contributed by atoms with Gasteiger partial charge in [0, 0.05) is 17.4 Å². The van der Waals surface area contributed by atoms with Crippen molar-refractivity contribution < 1.29 is 36.2 Å². The fourth-order valence-corrected chi connectivity index (χ4v) is 4.91. The summed E-state index contributed by atoms with van der Waals surface area (Å²) in [6, 6.07) is 15.9. The van der Waals surface area contributed by atoms with Crippen LogP contribution in [0.15, 0.2) is 71.6 Å². The first-order valence-electron chi connectivity index (χ1n) is 12.2. The van der Waals surface area contributed by atoms with Crippen LogP contribution in [-0.2, 0) is 26.4 Å². The van der Waals surface area contributed by atoms with Crippen molar-refractivity contribution in [2.75, 3.05) is 12.9 Å². The van der Waals surface area contributed by atoms with Gasteiger partial charge >= 0.3 is 12.1 Å². The number of aromatic nitrogens is 2. The number of aliphatic hydroxyl groups is 1. The molecule has 4 aromatic rings. The van der Waals surface area contributed by atoms with E-state index in [-0.39, 0.29) is 34.1 Å². The Hall–Kier alpha value is -3.96. The minimum absolute atomic E-state index is 0.0518. The van der Waals surface area contributed by atoms with Gasteiger partial charge in [-0.3, -0.25) is 0 Å². The molecule has 11 heteroatoms. The summed E-state index contributed by atoms with van der Waals surface area (Å²) in [5.41, 5.74) is -0.420. The average Bonchev–Trinajstić information content (AvgIpc) is 3.34. The van der Waals surface area contributed by atoms with Crippen LogP contribution in [0.5, 0.6) is 0 Å². The quantitative estimate of drug-likeness (QED) is 0.254. The van der Waals surface area contributed by atoms with Gasteiger partial charge in [0.25, 0.3) is 0 Å². The number of nitrogens with one attached hydrogen (secondary N) is 1. The summed E-state index contributed by atoms with van der Waals surface area (Å²) < 4.78 is 70.6. The van der Waals surface area contributed by atoms with Gasteiger partial charge in [0.05, 0.1) is 34.0 Å². The predicted octanol–water partition coefficient (Wildman–Crippen LogP) is 6.24. The summed E-state index contributed by atoms with van der Waals surface area (Å²) in [7, 11) is -3.64. The summed E-state index contributed by atoms with van der Waals surface area (Å²) in [6.45, 7) is 4.72. The molecule has 0 saturated heterocycles. The predicted molar refractivity (Wildman–Crippen MR) is 144 cm³/mol. The molecule has 0 spiro atoms. The van der Waals surface area contributed by atoms with Crippen LogP contribution in [-0.4, -0.2) is 42.3 Å². The molecule has 0 fully saturated rings. The number of aromatic amines is 1. The maximum atomic E-state index is 13.7.